The smallest absolute Gasteiger partial charge is 0.326 e. The molecule has 1 aromatic carbocycles. The van der Waals surface area contributed by atoms with Crippen molar-refractivity contribution < 1.29 is 14.7 Å². The molecule has 1 aromatic rings. The van der Waals surface area contributed by atoms with Gasteiger partial charge < -0.3 is 10.4 Å². The van der Waals surface area contributed by atoms with Crippen LogP contribution in [-0.2, 0) is 4.79 Å². The Morgan fingerprint density at radius 1 is 1.24 bits per heavy atom. The Morgan fingerprint density at radius 2 is 1.81 bits per heavy atom. The maximum Gasteiger partial charge on any atom is 0.326 e. The topological polar surface area (TPSA) is 69.6 Å². The first-order valence-corrected chi connectivity index (χ1v) is 7.28. The Morgan fingerprint density at radius 3 is 2.24 bits per heavy atom. The van der Waals surface area contributed by atoms with Crippen LogP contribution in [0.4, 0.5) is 10.5 Å². The lowest BCUT2D eigenvalue weighted by Gasteiger charge is -2.26. The number of hydrogen-bond acceptors (Lipinski definition) is 2. The molecular formula is C16H24N2O3. The van der Waals surface area contributed by atoms with Crippen molar-refractivity contribution in [1.29, 1.82) is 0 Å². The van der Waals surface area contributed by atoms with Gasteiger partial charge in [0.05, 0.1) is 0 Å². The van der Waals surface area contributed by atoms with Crippen molar-refractivity contribution >= 4 is 17.7 Å². The van der Waals surface area contributed by atoms with Gasteiger partial charge in [-0.25, -0.2) is 9.59 Å². The number of carboxylic acids is 1. The molecule has 5 heteroatoms. The molecule has 0 heterocycles. The fourth-order valence-corrected chi connectivity index (χ4v) is 2.06. The van der Waals surface area contributed by atoms with Crippen LogP contribution in [0, 0.1) is 12.8 Å². The number of rotatable bonds is 6. The highest BCUT2D eigenvalue weighted by atomic mass is 16.4. The number of carbonyl (C=O) groups is 2. The van der Waals surface area contributed by atoms with Gasteiger partial charge in [0.1, 0.15) is 6.04 Å². The number of nitrogens with one attached hydrogen (secondary N) is 1. The van der Waals surface area contributed by atoms with Crippen LogP contribution in [0.1, 0.15) is 32.8 Å². The number of nitrogens with zero attached hydrogens (tertiary/aromatic N) is 1. The highest BCUT2D eigenvalue weighted by molar-refractivity contribution is 5.94. The number of aliphatic carboxylic acids is 1. The monoisotopic (exact) mass is 292 g/mol. The van der Waals surface area contributed by atoms with Crippen molar-refractivity contribution in [2.45, 2.75) is 40.2 Å². The Labute approximate surface area is 126 Å². The lowest BCUT2D eigenvalue weighted by Crippen LogP contribution is -2.50. The zero-order valence-corrected chi connectivity index (χ0v) is 13.1. The Hall–Kier alpha value is -2.04. The minimum Gasteiger partial charge on any atom is -0.480 e. The second-order valence-corrected chi connectivity index (χ2v) is 5.23. The minimum absolute atomic E-state index is 0.122. The van der Waals surface area contributed by atoms with Gasteiger partial charge in [-0.1, -0.05) is 38.0 Å². The van der Waals surface area contributed by atoms with Crippen LogP contribution in [0.15, 0.2) is 24.3 Å². The van der Waals surface area contributed by atoms with Crippen LogP contribution >= 0.6 is 0 Å². The summed E-state index contributed by atoms with van der Waals surface area (Å²) in [7, 11) is 0. The molecule has 0 aliphatic rings. The standard InChI is InChI=1S/C16H24N2O3/c1-5-12(4)14(15(19)20)17-16(21)18(6-2)13-9-7-11(3)8-10-13/h7-10,12,14H,5-6H2,1-4H3,(H,17,21)(H,19,20)/t12-,14-/m0/s1. The van der Waals surface area contributed by atoms with Crippen LogP contribution in [-0.4, -0.2) is 29.7 Å². The molecule has 2 amide bonds. The van der Waals surface area contributed by atoms with Gasteiger partial charge in [0.2, 0.25) is 0 Å². The molecule has 1 rings (SSSR count). The van der Waals surface area contributed by atoms with Gasteiger partial charge >= 0.3 is 12.0 Å². The predicted molar refractivity (Wildman–Crippen MR) is 83.6 cm³/mol. The maximum atomic E-state index is 12.3. The summed E-state index contributed by atoms with van der Waals surface area (Å²) in [6, 6.07) is 6.31. The molecule has 0 aliphatic heterocycles. The number of urea groups is 1. The molecule has 2 N–H and O–H groups in total. The van der Waals surface area contributed by atoms with Crippen molar-refractivity contribution in [2.24, 2.45) is 5.92 Å². The molecule has 0 aliphatic carbocycles. The molecule has 0 saturated carbocycles. The molecule has 0 fully saturated rings. The quantitative estimate of drug-likeness (QED) is 0.846. The molecule has 0 spiro atoms. The fraction of sp³-hybridized carbons (Fsp3) is 0.500. The van der Waals surface area contributed by atoms with Gasteiger partial charge in [0.25, 0.3) is 0 Å². The van der Waals surface area contributed by atoms with Gasteiger partial charge in [-0.15, -0.1) is 0 Å². The molecule has 5 nitrogen and oxygen atoms in total. The fourth-order valence-electron chi connectivity index (χ4n) is 2.06. The van der Waals surface area contributed by atoms with Crippen molar-refractivity contribution in [1.82, 2.24) is 5.32 Å². The number of anilines is 1. The van der Waals surface area contributed by atoms with Crippen LogP contribution in [0.25, 0.3) is 0 Å². The third kappa shape index (κ3) is 4.48. The first-order valence-electron chi connectivity index (χ1n) is 7.28. The molecule has 0 aromatic heterocycles. The van der Waals surface area contributed by atoms with E-state index >= 15 is 0 Å². The average Bonchev–Trinajstić information content (AvgIpc) is 2.46. The van der Waals surface area contributed by atoms with Gasteiger partial charge in [-0.3, -0.25) is 4.90 Å². The third-order valence-electron chi connectivity index (χ3n) is 3.67. The zero-order valence-electron chi connectivity index (χ0n) is 13.1. The highest BCUT2D eigenvalue weighted by Crippen LogP contribution is 2.16. The van der Waals surface area contributed by atoms with Gasteiger partial charge in [-0.05, 0) is 31.9 Å². The largest absolute Gasteiger partial charge is 0.480 e. The first kappa shape index (κ1) is 17.0. The van der Waals surface area contributed by atoms with E-state index in [9.17, 15) is 14.7 Å². The average molecular weight is 292 g/mol. The number of carbonyl (C=O) groups excluding carboxylic acids is 1. The molecule has 21 heavy (non-hydrogen) atoms. The number of amides is 2. The van der Waals surface area contributed by atoms with Crippen molar-refractivity contribution in [3.05, 3.63) is 29.8 Å². The molecule has 0 bridgehead atoms. The summed E-state index contributed by atoms with van der Waals surface area (Å²) >= 11 is 0. The summed E-state index contributed by atoms with van der Waals surface area (Å²) in [6.07, 6.45) is 0.688. The lowest BCUT2D eigenvalue weighted by molar-refractivity contribution is -0.140. The molecule has 2 atom stereocenters. The van der Waals surface area contributed by atoms with Crippen LogP contribution in [0.5, 0.6) is 0 Å². The van der Waals surface area contributed by atoms with E-state index in [0.717, 1.165) is 11.3 Å². The van der Waals surface area contributed by atoms with E-state index in [1.54, 1.807) is 0 Å². The third-order valence-corrected chi connectivity index (χ3v) is 3.67. The van der Waals surface area contributed by atoms with Crippen LogP contribution < -0.4 is 10.2 Å². The Kier molecular flexibility index (Phi) is 6.21. The summed E-state index contributed by atoms with van der Waals surface area (Å²) in [4.78, 5) is 25.2. The second-order valence-electron chi connectivity index (χ2n) is 5.23. The lowest BCUT2D eigenvalue weighted by atomic mass is 9.99. The predicted octanol–water partition coefficient (Wildman–Crippen LogP) is 3.03. The van der Waals surface area contributed by atoms with Crippen molar-refractivity contribution in [3.8, 4) is 0 Å². The number of benzene rings is 1. The van der Waals surface area contributed by atoms with Crippen LogP contribution in [0.3, 0.4) is 0 Å². The van der Waals surface area contributed by atoms with E-state index < -0.39 is 12.0 Å². The summed E-state index contributed by atoms with van der Waals surface area (Å²) in [5.74, 6) is -1.12. The van der Waals surface area contributed by atoms with E-state index in [1.807, 2.05) is 52.0 Å². The maximum absolute atomic E-state index is 12.3. The molecule has 0 unspecified atom stereocenters. The number of aryl methyl sites for hydroxylation is 1. The van der Waals surface area contributed by atoms with Crippen LogP contribution in [0.2, 0.25) is 0 Å². The van der Waals surface area contributed by atoms with E-state index in [0.29, 0.717) is 13.0 Å². The normalized spacial score (nSPS) is 13.3. The summed E-state index contributed by atoms with van der Waals surface area (Å²) in [5.41, 5.74) is 1.87. The number of hydrogen-bond donors (Lipinski definition) is 2. The first-order chi connectivity index (χ1) is 9.90. The van der Waals surface area contributed by atoms with Gasteiger partial charge in [0.15, 0.2) is 0 Å². The van der Waals surface area contributed by atoms with E-state index in [1.165, 1.54) is 4.90 Å². The van der Waals surface area contributed by atoms with E-state index in [2.05, 4.69) is 5.32 Å². The van der Waals surface area contributed by atoms with E-state index in [4.69, 9.17) is 0 Å². The zero-order chi connectivity index (χ0) is 16.0. The number of carboxylic acid groups (broad SMARTS) is 1. The Bertz CT molecular complexity index is 485. The highest BCUT2D eigenvalue weighted by Gasteiger charge is 2.27. The molecule has 0 saturated heterocycles. The van der Waals surface area contributed by atoms with E-state index in [-0.39, 0.29) is 11.9 Å². The Balaban J connectivity index is 2.88. The minimum atomic E-state index is -1.00. The summed E-state index contributed by atoms with van der Waals surface area (Å²) < 4.78 is 0. The summed E-state index contributed by atoms with van der Waals surface area (Å²) in [5, 5.41) is 11.9. The van der Waals surface area contributed by atoms with Crippen molar-refractivity contribution in [2.75, 3.05) is 11.4 Å². The molecule has 0 radical (unpaired) electrons. The summed E-state index contributed by atoms with van der Waals surface area (Å²) in [6.45, 7) is 8.04. The SMILES string of the molecule is CC[C@H](C)[C@H](NC(=O)N(CC)c1ccc(C)cc1)C(=O)O. The molecular weight excluding hydrogens is 268 g/mol. The molecule has 116 valence electrons. The van der Waals surface area contributed by atoms with Gasteiger partial charge in [-0.2, -0.15) is 0 Å². The van der Waals surface area contributed by atoms with Gasteiger partial charge in [0, 0.05) is 12.2 Å². The second kappa shape index (κ2) is 7.67. The van der Waals surface area contributed by atoms with Crippen molar-refractivity contribution in [3.63, 3.8) is 0 Å².